The summed E-state index contributed by atoms with van der Waals surface area (Å²) >= 11 is 0. The Morgan fingerprint density at radius 1 is 1.56 bits per heavy atom. The fraction of sp³-hybridized carbons (Fsp3) is 0.500. The number of aromatic nitrogens is 1. The van der Waals surface area contributed by atoms with Crippen LogP contribution in [0.3, 0.4) is 0 Å². The quantitative estimate of drug-likeness (QED) is 0.792. The van der Waals surface area contributed by atoms with Crippen molar-refractivity contribution in [1.82, 2.24) is 5.16 Å². The van der Waals surface area contributed by atoms with Crippen LogP contribution in [0.4, 0.5) is 5.82 Å². The van der Waals surface area contributed by atoms with E-state index in [1.54, 1.807) is 19.9 Å². The number of rotatable bonds is 5. The number of hydrogen-bond donors (Lipinski definition) is 2. The van der Waals surface area contributed by atoms with Crippen molar-refractivity contribution >= 4 is 17.7 Å². The molecule has 0 bridgehead atoms. The van der Waals surface area contributed by atoms with Gasteiger partial charge in [0, 0.05) is 18.9 Å². The van der Waals surface area contributed by atoms with Crippen LogP contribution < -0.4 is 5.32 Å². The second kappa shape index (κ2) is 5.29. The molecule has 0 aliphatic rings. The molecule has 6 heteroatoms. The molecule has 0 radical (unpaired) electrons. The topological polar surface area (TPSA) is 92.4 Å². The third kappa shape index (κ3) is 4.12. The Labute approximate surface area is 92.6 Å². The van der Waals surface area contributed by atoms with Crippen molar-refractivity contribution in [3.63, 3.8) is 0 Å². The Kier molecular flexibility index (Phi) is 4.04. The summed E-state index contributed by atoms with van der Waals surface area (Å²) in [5.74, 6) is -0.413. The van der Waals surface area contributed by atoms with Crippen LogP contribution in [-0.4, -0.2) is 22.1 Å². The van der Waals surface area contributed by atoms with Gasteiger partial charge in [0.25, 0.3) is 0 Å². The summed E-state index contributed by atoms with van der Waals surface area (Å²) in [6.45, 7) is 3.43. The summed E-state index contributed by atoms with van der Waals surface area (Å²) in [6, 6.07) is 1.60. The van der Waals surface area contributed by atoms with Crippen LogP contribution in [0.5, 0.6) is 0 Å². The lowest BCUT2D eigenvalue weighted by Gasteiger charge is -2.07. The zero-order chi connectivity index (χ0) is 12.1. The van der Waals surface area contributed by atoms with Gasteiger partial charge in [-0.05, 0) is 12.8 Å². The van der Waals surface area contributed by atoms with E-state index in [-0.39, 0.29) is 24.7 Å². The van der Waals surface area contributed by atoms with E-state index >= 15 is 0 Å². The highest BCUT2D eigenvalue weighted by Gasteiger charge is 2.13. The molecular weight excluding hydrogens is 212 g/mol. The van der Waals surface area contributed by atoms with Crippen molar-refractivity contribution in [3.8, 4) is 0 Å². The molecule has 0 saturated heterocycles. The maximum atomic E-state index is 11.4. The second-order valence-corrected chi connectivity index (χ2v) is 3.78. The summed E-state index contributed by atoms with van der Waals surface area (Å²) in [5.41, 5.74) is 0. The molecule has 1 aromatic heterocycles. The van der Waals surface area contributed by atoms with Crippen molar-refractivity contribution in [3.05, 3.63) is 11.8 Å². The largest absolute Gasteiger partial charge is 0.481 e. The molecule has 1 rings (SSSR count). The minimum absolute atomic E-state index is 0.0226. The number of amides is 1. The summed E-state index contributed by atoms with van der Waals surface area (Å²) < 4.78 is 4.78. The molecule has 0 aliphatic carbocycles. The lowest BCUT2D eigenvalue weighted by molar-refractivity contribution is -0.138. The van der Waals surface area contributed by atoms with E-state index < -0.39 is 5.97 Å². The molecule has 1 aromatic rings. The van der Waals surface area contributed by atoms with Crippen LogP contribution in [0.2, 0.25) is 0 Å². The van der Waals surface area contributed by atoms with Crippen molar-refractivity contribution < 1.29 is 19.2 Å². The molecule has 0 aliphatic heterocycles. The van der Waals surface area contributed by atoms with Crippen LogP contribution in [0, 0.1) is 12.8 Å². The van der Waals surface area contributed by atoms with Crippen molar-refractivity contribution in [2.75, 3.05) is 5.32 Å². The Morgan fingerprint density at radius 2 is 2.25 bits per heavy atom. The number of anilines is 1. The SMILES string of the molecule is Cc1cc(NC(=O)C[C@@H](C)CC(=O)O)no1. The van der Waals surface area contributed by atoms with E-state index in [2.05, 4.69) is 10.5 Å². The first-order valence-electron chi connectivity index (χ1n) is 4.92. The first-order chi connectivity index (χ1) is 7.47. The summed E-state index contributed by atoms with van der Waals surface area (Å²) in [4.78, 5) is 21.8. The van der Waals surface area contributed by atoms with Crippen LogP contribution in [0.15, 0.2) is 10.6 Å². The highest BCUT2D eigenvalue weighted by Crippen LogP contribution is 2.11. The molecule has 88 valence electrons. The molecule has 0 aromatic carbocycles. The molecule has 1 amide bonds. The van der Waals surface area contributed by atoms with Gasteiger partial charge in [0.1, 0.15) is 5.76 Å². The molecule has 0 fully saturated rings. The summed E-state index contributed by atoms with van der Waals surface area (Å²) in [6.07, 6.45) is 0.128. The van der Waals surface area contributed by atoms with E-state index in [4.69, 9.17) is 9.63 Å². The van der Waals surface area contributed by atoms with Gasteiger partial charge in [-0.2, -0.15) is 0 Å². The maximum Gasteiger partial charge on any atom is 0.303 e. The molecule has 1 heterocycles. The number of aryl methyl sites for hydroxylation is 1. The van der Waals surface area contributed by atoms with Gasteiger partial charge in [0.2, 0.25) is 5.91 Å². The van der Waals surface area contributed by atoms with Gasteiger partial charge in [-0.15, -0.1) is 0 Å². The predicted molar refractivity (Wildman–Crippen MR) is 55.9 cm³/mol. The van der Waals surface area contributed by atoms with E-state index in [0.29, 0.717) is 11.6 Å². The molecule has 0 unspecified atom stereocenters. The zero-order valence-electron chi connectivity index (χ0n) is 9.19. The van der Waals surface area contributed by atoms with E-state index in [1.165, 1.54) is 0 Å². The fourth-order valence-corrected chi connectivity index (χ4v) is 1.31. The van der Waals surface area contributed by atoms with Crippen LogP contribution in [0.25, 0.3) is 0 Å². The number of carboxylic acid groups (broad SMARTS) is 1. The predicted octanol–water partition coefficient (Wildman–Crippen LogP) is 1.42. The zero-order valence-corrected chi connectivity index (χ0v) is 9.19. The van der Waals surface area contributed by atoms with Gasteiger partial charge in [-0.1, -0.05) is 12.1 Å². The van der Waals surface area contributed by atoms with E-state index in [0.717, 1.165) is 0 Å². The minimum atomic E-state index is -0.905. The number of aliphatic carboxylic acids is 1. The third-order valence-corrected chi connectivity index (χ3v) is 1.95. The fourth-order valence-electron chi connectivity index (χ4n) is 1.31. The maximum absolute atomic E-state index is 11.4. The van der Waals surface area contributed by atoms with Crippen molar-refractivity contribution in [1.29, 1.82) is 0 Å². The monoisotopic (exact) mass is 226 g/mol. The van der Waals surface area contributed by atoms with Gasteiger partial charge < -0.3 is 14.9 Å². The van der Waals surface area contributed by atoms with Crippen molar-refractivity contribution in [2.24, 2.45) is 5.92 Å². The smallest absolute Gasteiger partial charge is 0.303 e. The van der Waals surface area contributed by atoms with E-state index in [9.17, 15) is 9.59 Å². The minimum Gasteiger partial charge on any atom is -0.481 e. The first kappa shape index (κ1) is 12.2. The van der Waals surface area contributed by atoms with Crippen LogP contribution >= 0.6 is 0 Å². The van der Waals surface area contributed by atoms with Gasteiger partial charge in [0.05, 0.1) is 0 Å². The van der Waals surface area contributed by atoms with Crippen LogP contribution in [-0.2, 0) is 9.59 Å². The van der Waals surface area contributed by atoms with Gasteiger partial charge in [0.15, 0.2) is 5.82 Å². The molecular formula is C10H14N2O4. The number of nitrogens with one attached hydrogen (secondary N) is 1. The summed E-state index contributed by atoms with van der Waals surface area (Å²) in [5, 5.41) is 14.7. The highest BCUT2D eigenvalue weighted by molar-refractivity contribution is 5.90. The standard InChI is InChI=1S/C10H14N2O4/c1-6(4-10(14)15)3-9(13)11-8-5-7(2)16-12-8/h5-6H,3-4H2,1-2H3,(H,14,15)(H,11,12,13)/t6-/m1/s1. The number of carboxylic acids is 1. The number of hydrogen-bond acceptors (Lipinski definition) is 4. The molecule has 2 N–H and O–H groups in total. The summed E-state index contributed by atoms with van der Waals surface area (Å²) in [7, 11) is 0. The number of nitrogens with zero attached hydrogens (tertiary/aromatic N) is 1. The Hall–Kier alpha value is -1.85. The number of carbonyl (C=O) groups is 2. The average Bonchev–Trinajstić information content (AvgIpc) is 2.48. The Morgan fingerprint density at radius 3 is 2.75 bits per heavy atom. The van der Waals surface area contributed by atoms with E-state index in [1.807, 2.05) is 0 Å². The molecule has 6 nitrogen and oxygen atoms in total. The molecule has 16 heavy (non-hydrogen) atoms. The lowest BCUT2D eigenvalue weighted by Crippen LogP contribution is -2.17. The Balaban J connectivity index is 2.38. The van der Waals surface area contributed by atoms with Gasteiger partial charge >= 0.3 is 5.97 Å². The Bertz CT molecular complexity index is 386. The average molecular weight is 226 g/mol. The van der Waals surface area contributed by atoms with Crippen LogP contribution in [0.1, 0.15) is 25.5 Å². The third-order valence-electron chi connectivity index (χ3n) is 1.95. The first-order valence-corrected chi connectivity index (χ1v) is 4.92. The highest BCUT2D eigenvalue weighted by atomic mass is 16.5. The normalized spacial score (nSPS) is 12.1. The van der Waals surface area contributed by atoms with Gasteiger partial charge in [-0.3, -0.25) is 9.59 Å². The lowest BCUT2D eigenvalue weighted by atomic mass is 10.0. The second-order valence-electron chi connectivity index (χ2n) is 3.78. The van der Waals surface area contributed by atoms with Crippen molar-refractivity contribution in [2.45, 2.75) is 26.7 Å². The molecule has 0 saturated carbocycles. The number of carbonyl (C=O) groups excluding carboxylic acids is 1. The molecule has 0 spiro atoms. The molecule has 1 atom stereocenters. The van der Waals surface area contributed by atoms with Gasteiger partial charge in [-0.25, -0.2) is 0 Å².